The second-order valence-electron chi connectivity index (χ2n) is 4.02. The average molecular weight is 328 g/mol. The van der Waals surface area contributed by atoms with E-state index in [2.05, 4.69) is 21.2 Å². The summed E-state index contributed by atoms with van der Waals surface area (Å²) >= 11 is 3.30. The molecule has 2 N–H and O–H groups in total. The van der Waals surface area contributed by atoms with Gasteiger partial charge in [-0.3, -0.25) is 0 Å². The van der Waals surface area contributed by atoms with Gasteiger partial charge in [0.15, 0.2) is 0 Å². The van der Waals surface area contributed by atoms with Gasteiger partial charge in [-0.2, -0.15) is 0 Å². The largest absolute Gasteiger partial charge is 0.394 e. The second-order valence-corrected chi connectivity index (χ2v) is 4.94. The molecule has 2 aromatic rings. The Morgan fingerprint density at radius 2 is 1.63 bits per heavy atom. The summed E-state index contributed by atoms with van der Waals surface area (Å²) in [6.45, 7) is -0.409. The summed E-state index contributed by atoms with van der Waals surface area (Å²) in [5.74, 6) is -1.35. The van der Waals surface area contributed by atoms with Gasteiger partial charge in [-0.25, -0.2) is 8.78 Å². The van der Waals surface area contributed by atoms with Crippen LogP contribution in [-0.2, 0) is 0 Å². The maximum atomic E-state index is 13.7. The van der Waals surface area contributed by atoms with Crippen LogP contribution in [0.5, 0.6) is 0 Å². The fourth-order valence-corrected chi connectivity index (χ4v) is 2.06. The number of hydrogen-bond donors (Lipinski definition) is 2. The third-order valence-electron chi connectivity index (χ3n) is 2.72. The van der Waals surface area contributed by atoms with Crippen molar-refractivity contribution < 1.29 is 13.9 Å². The molecule has 2 rings (SSSR count). The van der Waals surface area contributed by atoms with E-state index in [9.17, 15) is 13.9 Å². The van der Waals surface area contributed by atoms with Crippen LogP contribution in [0.15, 0.2) is 46.9 Å². The Morgan fingerprint density at radius 3 is 2.16 bits per heavy atom. The van der Waals surface area contributed by atoms with Crippen LogP contribution in [0.2, 0.25) is 0 Å². The zero-order valence-electron chi connectivity index (χ0n) is 9.91. The first-order chi connectivity index (χ1) is 9.11. The molecule has 0 aliphatic carbocycles. The molecule has 2 aromatic carbocycles. The van der Waals surface area contributed by atoms with Crippen LogP contribution in [-0.4, -0.2) is 11.7 Å². The van der Waals surface area contributed by atoms with Crippen LogP contribution in [0.4, 0.5) is 14.5 Å². The molecule has 0 spiro atoms. The number of halogens is 3. The monoisotopic (exact) mass is 327 g/mol. The van der Waals surface area contributed by atoms with E-state index in [4.69, 9.17) is 0 Å². The Hall–Kier alpha value is -1.46. The molecule has 19 heavy (non-hydrogen) atoms. The maximum Gasteiger partial charge on any atom is 0.131 e. The van der Waals surface area contributed by atoms with Crippen molar-refractivity contribution in [2.75, 3.05) is 11.9 Å². The van der Waals surface area contributed by atoms with E-state index in [1.165, 1.54) is 18.2 Å². The molecule has 0 saturated heterocycles. The van der Waals surface area contributed by atoms with Crippen LogP contribution in [0.1, 0.15) is 11.6 Å². The molecule has 2 nitrogen and oxygen atoms in total. The molecule has 1 unspecified atom stereocenters. The first-order valence-electron chi connectivity index (χ1n) is 5.68. The van der Waals surface area contributed by atoms with Gasteiger partial charge in [0.25, 0.3) is 0 Å². The van der Waals surface area contributed by atoms with Crippen molar-refractivity contribution >= 4 is 21.6 Å². The molecule has 0 aliphatic heterocycles. The van der Waals surface area contributed by atoms with Gasteiger partial charge in [0, 0.05) is 15.7 Å². The Labute approximate surface area is 118 Å². The Balaban J connectivity index is 2.27. The molecule has 0 bridgehead atoms. The molecule has 1 atom stereocenters. The zero-order valence-corrected chi connectivity index (χ0v) is 11.5. The van der Waals surface area contributed by atoms with E-state index < -0.39 is 24.3 Å². The highest BCUT2D eigenvalue weighted by Crippen LogP contribution is 2.25. The van der Waals surface area contributed by atoms with Gasteiger partial charge in [-0.05, 0) is 36.4 Å². The third kappa shape index (κ3) is 3.30. The van der Waals surface area contributed by atoms with Crippen molar-refractivity contribution in [1.29, 1.82) is 0 Å². The Bertz CT molecular complexity index is 540. The molecule has 0 aromatic heterocycles. The average Bonchev–Trinajstić information content (AvgIpc) is 2.39. The van der Waals surface area contributed by atoms with Gasteiger partial charge in [0.2, 0.25) is 0 Å². The summed E-state index contributed by atoms with van der Waals surface area (Å²) in [4.78, 5) is 0. The fraction of sp³-hybridized carbons (Fsp3) is 0.143. The highest BCUT2D eigenvalue weighted by Gasteiger charge is 2.19. The molecule has 0 aliphatic rings. The summed E-state index contributed by atoms with van der Waals surface area (Å²) in [6.07, 6.45) is 0. The topological polar surface area (TPSA) is 32.3 Å². The second kappa shape index (κ2) is 6.12. The van der Waals surface area contributed by atoms with Gasteiger partial charge in [-0.1, -0.05) is 22.0 Å². The summed E-state index contributed by atoms with van der Waals surface area (Å²) in [5, 5.41) is 12.2. The van der Waals surface area contributed by atoms with E-state index in [0.29, 0.717) is 5.69 Å². The normalized spacial score (nSPS) is 12.2. The molecule has 100 valence electrons. The predicted molar refractivity (Wildman–Crippen MR) is 73.9 cm³/mol. The highest BCUT2D eigenvalue weighted by molar-refractivity contribution is 9.10. The minimum absolute atomic E-state index is 0.159. The molecule has 0 heterocycles. The first-order valence-corrected chi connectivity index (χ1v) is 6.48. The number of aliphatic hydroxyl groups excluding tert-OH is 1. The molecule has 0 radical (unpaired) electrons. The van der Waals surface area contributed by atoms with Gasteiger partial charge < -0.3 is 10.4 Å². The Kier molecular flexibility index (Phi) is 4.50. The van der Waals surface area contributed by atoms with Crippen molar-refractivity contribution in [3.8, 4) is 0 Å². The lowest BCUT2D eigenvalue weighted by Crippen LogP contribution is -2.18. The van der Waals surface area contributed by atoms with Crippen LogP contribution >= 0.6 is 15.9 Å². The fourth-order valence-electron chi connectivity index (χ4n) is 1.80. The molecular formula is C14H12BrF2NO. The number of rotatable bonds is 4. The minimum atomic E-state index is -0.831. The lowest BCUT2D eigenvalue weighted by Gasteiger charge is -2.19. The zero-order chi connectivity index (χ0) is 13.8. The standard InChI is InChI=1S/C14H12BrF2NO/c15-9-4-6-10(7-5-9)18-13(8-19)14-11(16)2-1-3-12(14)17/h1-7,13,18-19H,8H2. The van der Waals surface area contributed by atoms with Crippen LogP contribution in [0.25, 0.3) is 0 Å². The lowest BCUT2D eigenvalue weighted by molar-refractivity contribution is 0.271. The summed E-state index contributed by atoms with van der Waals surface area (Å²) in [5.41, 5.74) is 0.512. The lowest BCUT2D eigenvalue weighted by atomic mass is 10.1. The van der Waals surface area contributed by atoms with Gasteiger partial charge in [-0.15, -0.1) is 0 Å². The van der Waals surface area contributed by atoms with Crippen molar-refractivity contribution in [2.24, 2.45) is 0 Å². The number of hydrogen-bond acceptors (Lipinski definition) is 2. The molecule has 0 amide bonds. The quantitative estimate of drug-likeness (QED) is 0.893. The minimum Gasteiger partial charge on any atom is -0.394 e. The van der Waals surface area contributed by atoms with Crippen molar-refractivity contribution in [3.05, 3.63) is 64.1 Å². The Morgan fingerprint density at radius 1 is 1.05 bits per heavy atom. The van der Waals surface area contributed by atoms with Crippen molar-refractivity contribution in [2.45, 2.75) is 6.04 Å². The summed E-state index contributed by atoms with van der Waals surface area (Å²) in [7, 11) is 0. The first kappa shape index (κ1) is 14.0. The number of nitrogens with one attached hydrogen (secondary N) is 1. The van der Waals surface area contributed by atoms with Gasteiger partial charge >= 0.3 is 0 Å². The highest BCUT2D eigenvalue weighted by atomic mass is 79.9. The summed E-state index contributed by atoms with van der Waals surface area (Å²) in [6, 6.07) is 9.92. The van der Waals surface area contributed by atoms with Crippen molar-refractivity contribution in [1.82, 2.24) is 0 Å². The SMILES string of the molecule is OCC(Nc1ccc(Br)cc1)c1c(F)cccc1F. The molecule has 0 fully saturated rings. The smallest absolute Gasteiger partial charge is 0.131 e. The van der Waals surface area contributed by atoms with E-state index in [1.807, 2.05) is 0 Å². The predicted octanol–water partition coefficient (Wildman–Crippen LogP) is 3.87. The number of benzene rings is 2. The molecule has 0 saturated carbocycles. The van der Waals surface area contributed by atoms with E-state index in [0.717, 1.165) is 4.47 Å². The van der Waals surface area contributed by atoms with Gasteiger partial charge in [0.05, 0.1) is 12.6 Å². The maximum absolute atomic E-state index is 13.7. The van der Waals surface area contributed by atoms with Crippen LogP contribution < -0.4 is 5.32 Å². The molecular weight excluding hydrogens is 316 g/mol. The summed E-state index contributed by atoms with van der Waals surface area (Å²) < 4.78 is 28.2. The van der Waals surface area contributed by atoms with E-state index in [1.54, 1.807) is 24.3 Å². The van der Waals surface area contributed by atoms with Crippen LogP contribution in [0.3, 0.4) is 0 Å². The van der Waals surface area contributed by atoms with Gasteiger partial charge in [0.1, 0.15) is 11.6 Å². The number of aliphatic hydroxyl groups is 1. The number of anilines is 1. The third-order valence-corrected chi connectivity index (χ3v) is 3.24. The van der Waals surface area contributed by atoms with Crippen molar-refractivity contribution in [3.63, 3.8) is 0 Å². The van der Waals surface area contributed by atoms with Crippen LogP contribution in [0, 0.1) is 11.6 Å². The van der Waals surface area contributed by atoms with E-state index >= 15 is 0 Å². The molecule has 5 heteroatoms. The van der Waals surface area contributed by atoms with E-state index in [-0.39, 0.29) is 5.56 Å².